The molecular formula is C8H9Cl2N5O2. The van der Waals surface area contributed by atoms with Crippen LogP contribution in [-0.2, 0) is 9.59 Å². The lowest BCUT2D eigenvalue weighted by Gasteiger charge is -2.21. The standard InChI is InChI=1S/C8H9Cl2N5O2/c9-5-1-4(8(10)14-13-5)15(2-6(11)16)3-7(12)17/h1H,2-3H2,(H2,11,16)(H2,12,17). The van der Waals surface area contributed by atoms with Crippen LogP contribution in [0.15, 0.2) is 6.07 Å². The van der Waals surface area contributed by atoms with Crippen molar-refractivity contribution in [2.75, 3.05) is 18.0 Å². The highest BCUT2D eigenvalue weighted by atomic mass is 35.5. The van der Waals surface area contributed by atoms with Gasteiger partial charge in [-0.05, 0) is 0 Å². The molecule has 0 aliphatic heterocycles. The largest absolute Gasteiger partial charge is 0.368 e. The van der Waals surface area contributed by atoms with Crippen LogP contribution in [0.1, 0.15) is 0 Å². The molecule has 1 heterocycles. The van der Waals surface area contributed by atoms with Gasteiger partial charge in [0.2, 0.25) is 11.8 Å². The summed E-state index contributed by atoms with van der Waals surface area (Å²) in [6, 6.07) is 1.36. The molecule has 0 saturated heterocycles. The molecule has 0 radical (unpaired) electrons. The Morgan fingerprint density at radius 1 is 1.18 bits per heavy atom. The second kappa shape index (κ2) is 5.65. The number of carbonyl (C=O) groups is 2. The number of primary amides is 2. The minimum Gasteiger partial charge on any atom is -0.368 e. The second-order valence-electron chi connectivity index (χ2n) is 3.13. The van der Waals surface area contributed by atoms with E-state index in [0.717, 1.165) is 0 Å². The minimum atomic E-state index is -0.643. The lowest BCUT2D eigenvalue weighted by Crippen LogP contribution is -2.40. The van der Waals surface area contributed by atoms with Crippen molar-refractivity contribution >= 4 is 40.7 Å². The van der Waals surface area contributed by atoms with E-state index in [1.165, 1.54) is 11.0 Å². The van der Waals surface area contributed by atoms with Gasteiger partial charge in [-0.15, -0.1) is 10.2 Å². The normalized spacial score (nSPS) is 10.0. The fourth-order valence-corrected chi connectivity index (χ4v) is 1.52. The van der Waals surface area contributed by atoms with Crippen LogP contribution < -0.4 is 16.4 Å². The third-order valence-electron chi connectivity index (χ3n) is 1.73. The van der Waals surface area contributed by atoms with Gasteiger partial charge in [-0.1, -0.05) is 23.2 Å². The Morgan fingerprint density at radius 2 is 1.71 bits per heavy atom. The van der Waals surface area contributed by atoms with Crippen LogP contribution in [0, 0.1) is 0 Å². The summed E-state index contributed by atoms with van der Waals surface area (Å²) < 4.78 is 0. The van der Waals surface area contributed by atoms with Crippen LogP contribution in [0.25, 0.3) is 0 Å². The molecule has 0 aromatic carbocycles. The van der Waals surface area contributed by atoms with E-state index in [1.807, 2.05) is 0 Å². The first-order chi connectivity index (χ1) is 7.90. The lowest BCUT2D eigenvalue weighted by molar-refractivity contribution is -0.117. The summed E-state index contributed by atoms with van der Waals surface area (Å²) in [5.41, 5.74) is 10.4. The predicted octanol–water partition coefficient (Wildman–Crippen LogP) is -0.440. The highest BCUT2D eigenvalue weighted by Gasteiger charge is 2.16. The highest BCUT2D eigenvalue weighted by molar-refractivity contribution is 6.33. The van der Waals surface area contributed by atoms with Gasteiger partial charge in [0.25, 0.3) is 0 Å². The van der Waals surface area contributed by atoms with Gasteiger partial charge >= 0.3 is 0 Å². The Balaban J connectivity index is 3.06. The summed E-state index contributed by atoms with van der Waals surface area (Å²) >= 11 is 11.4. The first-order valence-electron chi connectivity index (χ1n) is 4.40. The first-order valence-corrected chi connectivity index (χ1v) is 5.16. The van der Waals surface area contributed by atoms with Crippen LogP contribution in [0.4, 0.5) is 5.69 Å². The highest BCUT2D eigenvalue weighted by Crippen LogP contribution is 2.24. The van der Waals surface area contributed by atoms with E-state index in [-0.39, 0.29) is 29.1 Å². The first kappa shape index (κ1) is 13.5. The van der Waals surface area contributed by atoms with Crippen molar-refractivity contribution in [1.82, 2.24) is 10.2 Å². The molecule has 0 spiro atoms. The Hall–Kier alpha value is -1.60. The lowest BCUT2D eigenvalue weighted by atomic mass is 10.3. The van der Waals surface area contributed by atoms with Crippen LogP contribution in [0.3, 0.4) is 0 Å². The summed E-state index contributed by atoms with van der Waals surface area (Å²) in [5.74, 6) is -1.29. The molecule has 0 unspecified atom stereocenters. The van der Waals surface area contributed by atoms with Crippen molar-refractivity contribution in [3.8, 4) is 0 Å². The van der Waals surface area contributed by atoms with Gasteiger partial charge in [0, 0.05) is 6.07 Å². The number of rotatable bonds is 5. The quantitative estimate of drug-likeness (QED) is 0.757. The molecule has 2 amide bonds. The minimum absolute atomic E-state index is 0.00287. The molecule has 0 bridgehead atoms. The molecule has 9 heteroatoms. The number of hydrogen-bond donors (Lipinski definition) is 2. The average Bonchev–Trinajstić information content (AvgIpc) is 2.19. The number of amides is 2. The van der Waals surface area contributed by atoms with Gasteiger partial charge in [-0.25, -0.2) is 0 Å². The molecule has 0 fully saturated rings. The maximum absolute atomic E-state index is 10.9. The number of aromatic nitrogens is 2. The van der Waals surface area contributed by atoms with Crippen LogP contribution in [0.2, 0.25) is 10.3 Å². The molecule has 1 aromatic rings. The molecule has 4 N–H and O–H groups in total. The van der Waals surface area contributed by atoms with Crippen molar-refractivity contribution in [1.29, 1.82) is 0 Å². The fraction of sp³-hybridized carbons (Fsp3) is 0.250. The Morgan fingerprint density at radius 3 is 2.18 bits per heavy atom. The number of hydrogen-bond acceptors (Lipinski definition) is 5. The van der Waals surface area contributed by atoms with Gasteiger partial charge in [0.1, 0.15) is 0 Å². The van der Waals surface area contributed by atoms with Gasteiger partial charge < -0.3 is 16.4 Å². The summed E-state index contributed by atoms with van der Waals surface area (Å²) in [5, 5.41) is 7.13. The molecule has 7 nitrogen and oxygen atoms in total. The van der Waals surface area contributed by atoms with Crippen LogP contribution in [-0.4, -0.2) is 35.1 Å². The third kappa shape index (κ3) is 4.04. The van der Waals surface area contributed by atoms with Crippen LogP contribution >= 0.6 is 23.2 Å². The van der Waals surface area contributed by atoms with E-state index in [9.17, 15) is 9.59 Å². The van der Waals surface area contributed by atoms with Crippen molar-refractivity contribution in [3.63, 3.8) is 0 Å². The van der Waals surface area contributed by atoms with E-state index in [2.05, 4.69) is 10.2 Å². The Labute approximate surface area is 107 Å². The number of nitrogens with two attached hydrogens (primary N) is 2. The summed E-state index contributed by atoms with van der Waals surface area (Å²) in [6.45, 7) is -0.463. The van der Waals surface area contributed by atoms with Crippen molar-refractivity contribution < 1.29 is 9.59 Å². The number of carbonyl (C=O) groups excluding carboxylic acids is 2. The Kier molecular flexibility index (Phi) is 4.47. The molecule has 0 aliphatic carbocycles. The van der Waals surface area contributed by atoms with E-state index in [1.54, 1.807) is 0 Å². The maximum Gasteiger partial charge on any atom is 0.236 e. The Bertz CT molecular complexity index is 438. The number of anilines is 1. The third-order valence-corrected chi connectivity index (χ3v) is 2.19. The predicted molar refractivity (Wildman–Crippen MR) is 62.7 cm³/mol. The zero-order valence-electron chi connectivity index (χ0n) is 8.56. The maximum atomic E-state index is 10.9. The van der Waals surface area contributed by atoms with E-state index < -0.39 is 11.8 Å². The fourth-order valence-electron chi connectivity index (χ4n) is 1.17. The molecule has 92 valence electrons. The van der Waals surface area contributed by atoms with Gasteiger partial charge in [-0.3, -0.25) is 9.59 Å². The number of nitrogens with zero attached hydrogens (tertiary/aromatic N) is 3. The second-order valence-corrected chi connectivity index (χ2v) is 3.88. The summed E-state index contributed by atoms with van der Waals surface area (Å²) in [6.07, 6.45) is 0. The molecule has 17 heavy (non-hydrogen) atoms. The average molecular weight is 278 g/mol. The summed E-state index contributed by atoms with van der Waals surface area (Å²) in [4.78, 5) is 23.0. The van der Waals surface area contributed by atoms with Crippen molar-refractivity contribution in [2.45, 2.75) is 0 Å². The zero-order chi connectivity index (χ0) is 13.0. The number of halogens is 2. The zero-order valence-corrected chi connectivity index (χ0v) is 10.1. The smallest absolute Gasteiger partial charge is 0.236 e. The topological polar surface area (TPSA) is 115 Å². The monoisotopic (exact) mass is 277 g/mol. The van der Waals surface area contributed by atoms with E-state index in [0.29, 0.717) is 0 Å². The van der Waals surface area contributed by atoms with Gasteiger partial charge in [0.15, 0.2) is 10.3 Å². The molecule has 1 aromatic heterocycles. The molecule has 0 atom stereocenters. The molecular weight excluding hydrogens is 269 g/mol. The van der Waals surface area contributed by atoms with E-state index >= 15 is 0 Å². The SMILES string of the molecule is NC(=O)CN(CC(N)=O)c1cc(Cl)nnc1Cl. The van der Waals surface area contributed by atoms with Gasteiger partial charge in [0.05, 0.1) is 18.8 Å². The molecule has 0 aliphatic rings. The summed E-state index contributed by atoms with van der Waals surface area (Å²) in [7, 11) is 0. The molecule has 1 rings (SSSR count). The van der Waals surface area contributed by atoms with Crippen molar-refractivity contribution in [3.05, 3.63) is 16.4 Å². The molecule has 0 saturated carbocycles. The van der Waals surface area contributed by atoms with Crippen molar-refractivity contribution in [2.24, 2.45) is 11.5 Å². The van der Waals surface area contributed by atoms with Crippen LogP contribution in [0.5, 0.6) is 0 Å². The van der Waals surface area contributed by atoms with E-state index in [4.69, 9.17) is 34.7 Å². The van der Waals surface area contributed by atoms with Gasteiger partial charge in [-0.2, -0.15) is 0 Å².